The van der Waals surface area contributed by atoms with Gasteiger partial charge in [-0.2, -0.15) is 0 Å². The van der Waals surface area contributed by atoms with Gasteiger partial charge in [-0.3, -0.25) is 14.7 Å². The van der Waals surface area contributed by atoms with Gasteiger partial charge in [0.2, 0.25) is 5.91 Å². The molecule has 1 aliphatic rings. The van der Waals surface area contributed by atoms with Crippen molar-refractivity contribution in [3.05, 3.63) is 35.4 Å². The number of halogens is 1. The normalized spacial score (nSPS) is 15.3. The zero-order chi connectivity index (χ0) is 21.9. The maximum absolute atomic E-state index is 12.4. The number of nitrogens with one attached hydrogen (secondary N) is 1. The second-order valence-corrected chi connectivity index (χ2v) is 8.32. The predicted molar refractivity (Wildman–Crippen MR) is 141 cm³/mol. The number of hydrogen-bond acceptors (Lipinski definition) is 3. The molecule has 0 spiro atoms. The lowest BCUT2D eigenvalue weighted by Crippen LogP contribution is -2.46. The highest BCUT2D eigenvalue weighted by Crippen LogP contribution is 2.19. The van der Waals surface area contributed by atoms with E-state index in [2.05, 4.69) is 48.3 Å². The molecule has 0 radical (unpaired) electrons. The zero-order valence-corrected chi connectivity index (χ0v) is 22.4. The first-order chi connectivity index (χ1) is 14.5. The van der Waals surface area contributed by atoms with E-state index in [9.17, 15) is 4.79 Å². The predicted octanol–water partition coefficient (Wildman–Crippen LogP) is 3.59. The summed E-state index contributed by atoms with van der Waals surface area (Å²) in [5, 5.41) is 3.34. The molecule has 2 rings (SSSR count). The summed E-state index contributed by atoms with van der Waals surface area (Å²) in [7, 11) is 1.95. The molecule has 1 fully saturated rings. The summed E-state index contributed by atoms with van der Waals surface area (Å²) in [4.78, 5) is 23.7. The molecule has 176 valence electrons. The second kappa shape index (κ2) is 14.7. The minimum Gasteiger partial charge on any atom is -0.357 e. The smallest absolute Gasteiger partial charge is 0.242 e. The number of aliphatic imine (C=N–C) groups is 1. The summed E-state index contributed by atoms with van der Waals surface area (Å²) in [5.74, 6) is 1.59. The van der Waals surface area contributed by atoms with Crippen LogP contribution in [0.25, 0.3) is 0 Å². The molecular weight excluding hydrogens is 501 g/mol. The Morgan fingerprint density at radius 1 is 1.13 bits per heavy atom. The maximum atomic E-state index is 12.4. The highest BCUT2D eigenvalue weighted by molar-refractivity contribution is 14.0. The van der Waals surface area contributed by atoms with Crippen molar-refractivity contribution in [1.29, 1.82) is 0 Å². The first kappa shape index (κ1) is 27.7. The van der Waals surface area contributed by atoms with Crippen molar-refractivity contribution < 1.29 is 4.79 Å². The van der Waals surface area contributed by atoms with Crippen LogP contribution in [-0.2, 0) is 11.3 Å². The Morgan fingerprint density at radius 2 is 1.74 bits per heavy atom. The Balaban J connectivity index is 0.00000480. The first-order valence-corrected chi connectivity index (χ1v) is 11.5. The molecule has 0 aromatic heterocycles. The summed E-state index contributed by atoms with van der Waals surface area (Å²) < 4.78 is 0. The molecule has 1 saturated heterocycles. The van der Waals surface area contributed by atoms with E-state index in [0.29, 0.717) is 12.5 Å². The monoisotopic (exact) mass is 543 g/mol. The number of carbonyl (C=O) groups is 1. The van der Waals surface area contributed by atoms with E-state index in [0.717, 1.165) is 51.8 Å². The van der Waals surface area contributed by atoms with Crippen molar-refractivity contribution in [2.75, 3.05) is 52.9 Å². The number of amides is 1. The number of benzene rings is 1. The number of carbonyl (C=O) groups excluding carboxylic acids is 1. The Kier molecular flexibility index (Phi) is 13.1. The molecule has 1 N–H and O–H groups in total. The number of nitrogens with zero attached hydrogens (tertiary/aromatic N) is 4. The van der Waals surface area contributed by atoms with Crippen LogP contribution in [0.5, 0.6) is 0 Å². The minimum atomic E-state index is 0. The average molecular weight is 544 g/mol. The third-order valence-electron chi connectivity index (χ3n) is 5.92. The van der Waals surface area contributed by atoms with Gasteiger partial charge in [0.25, 0.3) is 0 Å². The fourth-order valence-corrected chi connectivity index (χ4v) is 3.92. The summed E-state index contributed by atoms with van der Waals surface area (Å²) in [6.45, 7) is 15.0. The molecule has 0 aliphatic carbocycles. The van der Waals surface area contributed by atoms with Crippen LogP contribution in [0.15, 0.2) is 29.3 Å². The van der Waals surface area contributed by atoms with Gasteiger partial charge in [0.05, 0.1) is 6.54 Å². The lowest BCUT2D eigenvalue weighted by molar-refractivity contribution is -0.131. The van der Waals surface area contributed by atoms with E-state index in [-0.39, 0.29) is 29.9 Å². The van der Waals surface area contributed by atoms with Gasteiger partial charge < -0.3 is 15.1 Å². The van der Waals surface area contributed by atoms with Crippen LogP contribution in [0.2, 0.25) is 0 Å². The third-order valence-corrected chi connectivity index (χ3v) is 5.92. The first-order valence-electron chi connectivity index (χ1n) is 11.5. The van der Waals surface area contributed by atoms with Crippen LogP contribution in [0, 0.1) is 12.8 Å². The van der Waals surface area contributed by atoms with Crippen molar-refractivity contribution in [1.82, 2.24) is 20.0 Å². The Labute approximate surface area is 206 Å². The molecule has 1 aromatic rings. The molecule has 7 heteroatoms. The van der Waals surface area contributed by atoms with Crippen molar-refractivity contribution in [2.24, 2.45) is 10.9 Å². The Bertz CT molecular complexity index is 667. The van der Waals surface area contributed by atoms with Crippen LogP contribution in [0.3, 0.4) is 0 Å². The Hall–Kier alpha value is -1.35. The van der Waals surface area contributed by atoms with E-state index in [1.165, 1.54) is 24.0 Å². The highest BCUT2D eigenvalue weighted by atomic mass is 127. The highest BCUT2D eigenvalue weighted by Gasteiger charge is 2.20. The van der Waals surface area contributed by atoms with E-state index in [4.69, 9.17) is 4.99 Å². The number of piperidine rings is 1. The molecule has 31 heavy (non-hydrogen) atoms. The number of aryl methyl sites for hydroxylation is 1. The minimum absolute atomic E-state index is 0. The summed E-state index contributed by atoms with van der Waals surface area (Å²) in [6.07, 6.45) is 2.35. The van der Waals surface area contributed by atoms with Crippen LogP contribution in [-0.4, -0.2) is 79.4 Å². The lowest BCUT2D eigenvalue weighted by Gasteiger charge is -2.32. The molecule has 1 heterocycles. The fraction of sp³-hybridized carbons (Fsp3) is 0.667. The zero-order valence-electron chi connectivity index (χ0n) is 20.1. The van der Waals surface area contributed by atoms with Crippen molar-refractivity contribution in [2.45, 2.75) is 47.1 Å². The van der Waals surface area contributed by atoms with Gasteiger partial charge in [-0.1, -0.05) is 29.8 Å². The van der Waals surface area contributed by atoms with Gasteiger partial charge in [0, 0.05) is 39.8 Å². The molecule has 0 atom stereocenters. The van der Waals surface area contributed by atoms with E-state index < -0.39 is 0 Å². The molecule has 1 amide bonds. The van der Waals surface area contributed by atoms with E-state index >= 15 is 0 Å². The Morgan fingerprint density at radius 3 is 2.29 bits per heavy atom. The molecule has 1 aliphatic heterocycles. The second-order valence-electron chi connectivity index (χ2n) is 8.32. The van der Waals surface area contributed by atoms with Crippen LogP contribution in [0.1, 0.15) is 44.7 Å². The standard InChI is InChI=1S/C24H41N5O.HI/c1-6-25-24(27(5)19-23(30)29(7-2)8-3)26-17-21-13-15-28(16-14-21)18-22-11-9-20(4)10-12-22;/h9-12,21H,6-8,13-19H2,1-5H3,(H,25,26);1H. The molecule has 1 aromatic carbocycles. The van der Waals surface area contributed by atoms with E-state index in [1.807, 2.05) is 30.7 Å². The lowest BCUT2D eigenvalue weighted by atomic mass is 9.96. The molecule has 0 saturated carbocycles. The fourth-order valence-electron chi connectivity index (χ4n) is 3.92. The van der Waals surface area contributed by atoms with Crippen molar-refractivity contribution in [3.63, 3.8) is 0 Å². The van der Waals surface area contributed by atoms with Gasteiger partial charge in [0.15, 0.2) is 5.96 Å². The number of likely N-dealkylation sites (tertiary alicyclic amines) is 1. The van der Waals surface area contributed by atoms with Crippen LogP contribution < -0.4 is 5.32 Å². The van der Waals surface area contributed by atoms with Gasteiger partial charge in [0.1, 0.15) is 0 Å². The van der Waals surface area contributed by atoms with Crippen molar-refractivity contribution in [3.8, 4) is 0 Å². The maximum Gasteiger partial charge on any atom is 0.242 e. The van der Waals surface area contributed by atoms with Gasteiger partial charge >= 0.3 is 0 Å². The average Bonchev–Trinajstić information content (AvgIpc) is 2.74. The quantitative estimate of drug-likeness (QED) is 0.294. The summed E-state index contributed by atoms with van der Waals surface area (Å²) >= 11 is 0. The molecule has 6 nitrogen and oxygen atoms in total. The SMILES string of the molecule is CCNC(=NCC1CCN(Cc2ccc(C)cc2)CC1)N(C)CC(=O)N(CC)CC.I. The largest absolute Gasteiger partial charge is 0.357 e. The van der Waals surface area contributed by atoms with Gasteiger partial charge in [-0.25, -0.2) is 0 Å². The summed E-state index contributed by atoms with van der Waals surface area (Å²) in [6, 6.07) is 8.87. The number of guanidine groups is 1. The summed E-state index contributed by atoms with van der Waals surface area (Å²) in [5.41, 5.74) is 2.71. The van der Waals surface area contributed by atoms with Crippen molar-refractivity contribution >= 4 is 35.8 Å². The molecule has 0 bridgehead atoms. The van der Waals surface area contributed by atoms with Gasteiger partial charge in [-0.05, 0) is 65.1 Å². The van der Waals surface area contributed by atoms with Gasteiger partial charge in [-0.15, -0.1) is 24.0 Å². The van der Waals surface area contributed by atoms with E-state index in [1.54, 1.807) is 0 Å². The topological polar surface area (TPSA) is 51.2 Å². The molecular formula is C24H42IN5O. The number of hydrogen-bond donors (Lipinski definition) is 1. The number of likely N-dealkylation sites (N-methyl/N-ethyl adjacent to an activating group) is 2. The number of rotatable bonds is 9. The third kappa shape index (κ3) is 9.35. The van der Waals surface area contributed by atoms with Crippen LogP contribution >= 0.6 is 24.0 Å². The van der Waals surface area contributed by atoms with Crippen LogP contribution in [0.4, 0.5) is 0 Å². The molecule has 0 unspecified atom stereocenters.